The lowest BCUT2D eigenvalue weighted by Gasteiger charge is -2.17. The molecule has 25 heavy (non-hydrogen) atoms. The van der Waals surface area contributed by atoms with Crippen molar-refractivity contribution in [3.05, 3.63) is 69.8 Å². The lowest BCUT2D eigenvalue weighted by Crippen LogP contribution is -2.28. The second kappa shape index (κ2) is 6.29. The summed E-state index contributed by atoms with van der Waals surface area (Å²) >= 11 is 0. The van der Waals surface area contributed by atoms with E-state index in [1.165, 1.54) is 19.1 Å². The number of rotatable bonds is 3. The molecule has 0 spiro atoms. The Morgan fingerprint density at radius 1 is 1.16 bits per heavy atom. The maximum atomic E-state index is 14.1. The van der Waals surface area contributed by atoms with Gasteiger partial charge in [-0.2, -0.15) is 0 Å². The van der Waals surface area contributed by atoms with E-state index >= 15 is 0 Å². The third-order valence-corrected chi connectivity index (χ3v) is 3.69. The summed E-state index contributed by atoms with van der Waals surface area (Å²) in [5.41, 5.74) is 4.27. The molecule has 2 aromatic carbocycles. The Balaban J connectivity index is 2.43. The predicted molar refractivity (Wildman–Crippen MR) is 84.8 cm³/mol. The van der Waals surface area contributed by atoms with Gasteiger partial charge in [-0.25, -0.2) is 22.5 Å². The Bertz CT molecular complexity index is 1010. The number of aromatic nitrogens is 2. The first-order chi connectivity index (χ1) is 11.8. The highest BCUT2D eigenvalue weighted by atomic mass is 19.3. The molecule has 0 aliphatic heterocycles. The van der Waals surface area contributed by atoms with Gasteiger partial charge in [0, 0.05) is 5.56 Å². The molecule has 2 N–H and O–H groups in total. The molecule has 0 unspecified atom stereocenters. The topological polar surface area (TPSA) is 60.9 Å². The van der Waals surface area contributed by atoms with Crippen LogP contribution in [-0.2, 0) is 0 Å². The van der Waals surface area contributed by atoms with Gasteiger partial charge in [-0.1, -0.05) is 6.07 Å². The van der Waals surface area contributed by atoms with Crippen LogP contribution in [0.3, 0.4) is 0 Å². The Labute approximate surface area is 139 Å². The number of halogens is 4. The molecule has 0 radical (unpaired) electrons. The molecule has 0 bridgehead atoms. The fraction of sp³-hybridized carbons (Fsp3) is 0.176. The van der Waals surface area contributed by atoms with Gasteiger partial charge in [-0.15, -0.1) is 0 Å². The van der Waals surface area contributed by atoms with Crippen LogP contribution in [0.2, 0.25) is 0 Å². The number of hydrogen-bond acceptors (Lipinski definition) is 3. The van der Waals surface area contributed by atoms with Gasteiger partial charge >= 0.3 is 0 Å². The first-order valence-electron chi connectivity index (χ1n) is 7.35. The SMILES string of the molecule is C[C@H](N)c1nc2cccc(F)c2c(=O)n1-c1cc(F)cc(C(F)F)c1. The monoisotopic (exact) mass is 351 g/mol. The summed E-state index contributed by atoms with van der Waals surface area (Å²) in [6, 6.07) is 5.64. The summed E-state index contributed by atoms with van der Waals surface area (Å²) in [5, 5.41) is -0.324. The summed E-state index contributed by atoms with van der Waals surface area (Å²) in [4.78, 5) is 16.9. The van der Waals surface area contributed by atoms with E-state index in [-0.39, 0.29) is 22.4 Å². The van der Waals surface area contributed by atoms with Crippen molar-refractivity contribution in [1.82, 2.24) is 9.55 Å². The summed E-state index contributed by atoms with van der Waals surface area (Å²) in [6.07, 6.45) is -2.94. The smallest absolute Gasteiger partial charge is 0.269 e. The van der Waals surface area contributed by atoms with E-state index in [9.17, 15) is 22.4 Å². The zero-order valence-corrected chi connectivity index (χ0v) is 13.0. The third kappa shape index (κ3) is 3.00. The van der Waals surface area contributed by atoms with Gasteiger partial charge in [0.2, 0.25) is 0 Å². The number of alkyl halides is 2. The van der Waals surface area contributed by atoms with E-state index in [0.717, 1.165) is 22.8 Å². The van der Waals surface area contributed by atoms with Gasteiger partial charge in [0.1, 0.15) is 22.8 Å². The largest absolute Gasteiger partial charge is 0.322 e. The van der Waals surface area contributed by atoms with Crippen molar-refractivity contribution >= 4 is 10.9 Å². The molecule has 1 atom stereocenters. The number of nitrogens with two attached hydrogens (primary N) is 1. The average Bonchev–Trinajstić information content (AvgIpc) is 2.53. The second-order valence-electron chi connectivity index (χ2n) is 5.58. The zero-order chi connectivity index (χ0) is 18.3. The quantitative estimate of drug-likeness (QED) is 0.733. The maximum absolute atomic E-state index is 14.1. The number of nitrogens with zero attached hydrogens (tertiary/aromatic N) is 2. The van der Waals surface area contributed by atoms with Crippen molar-refractivity contribution in [1.29, 1.82) is 0 Å². The minimum atomic E-state index is -2.94. The highest BCUT2D eigenvalue weighted by Crippen LogP contribution is 2.25. The molecule has 4 nitrogen and oxygen atoms in total. The highest BCUT2D eigenvalue weighted by molar-refractivity contribution is 5.78. The second-order valence-corrected chi connectivity index (χ2v) is 5.58. The fourth-order valence-electron chi connectivity index (χ4n) is 2.61. The lowest BCUT2D eigenvalue weighted by atomic mass is 10.1. The van der Waals surface area contributed by atoms with Crippen LogP contribution < -0.4 is 11.3 Å². The van der Waals surface area contributed by atoms with Crippen molar-refractivity contribution in [2.45, 2.75) is 19.4 Å². The molecule has 0 amide bonds. The van der Waals surface area contributed by atoms with Crippen molar-refractivity contribution in [3.63, 3.8) is 0 Å². The van der Waals surface area contributed by atoms with Crippen LogP contribution >= 0.6 is 0 Å². The van der Waals surface area contributed by atoms with Gasteiger partial charge in [0.15, 0.2) is 0 Å². The van der Waals surface area contributed by atoms with Crippen LogP contribution in [0, 0.1) is 11.6 Å². The summed E-state index contributed by atoms with van der Waals surface area (Å²) < 4.78 is 54.6. The van der Waals surface area contributed by atoms with Gasteiger partial charge in [0.25, 0.3) is 12.0 Å². The molecule has 3 rings (SSSR count). The molecule has 0 saturated heterocycles. The van der Waals surface area contributed by atoms with Crippen molar-refractivity contribution < 1.29 is 17.6 Å². The Kier molecular flexibility index (Phi) is 4.30. The van der Waals surface area contributed by atoms with Crippen LogP contribution in [0.5, 0.6) is 0 Å². The van der Waals surface area contributed by atoms with Crippen molar-refractivity contribution in [3.8, 4) is 5.69 Å². The minimum absolute atomic E-state index is 0.00826. The van der Waals surface area contributed by atoms with Crippen LogP contribution in [0.25, 0.3) is 16.6 Å². The van der Waals surface area contributed by atoms with Gasteiger partial charge in [-0.3, -0.25) is 9.36 Å². The Morgan fingerprint density at radius 3 is 2.52 bits per heavy atom. The number of fused-ring (bicyclic) bond motifs is 1. The van der Waals surface area contributed by atoms with Crippen LogP contribution in [0.4, 0.5) is 17.6 Å². The average molecular weight is 351 g/mol. The lowest BCUT2D eigenvalue weighted by molar-refractivity contribution is 0.151. The normalized spacial score (nSPS) is 12.8. The molecule has 0 fully saturated rings. The molecule has 8 heteroatoms. The molecule has 130 valence electrons. The Hall–Kier alpha value is -2.74. The first-order valence-corrected chi connectivity index (χ1v) is 7.35. The fourth-order valence-corrected chi connectivity index (χ4v) is 2.61. The predicted octanol–water partition coefficient (Wildman–Crippen LogP) is 3.62. The standard InChI is InChI=1S/C17H13F4N3O/c1-8(22)16-23-13-4-2-3-12(19)14(13)17(25)24(16)11-6-9(15(20)21)5-10(18)7-11/h2-8,15H,22H2,1H3/t8-/m0/s1. The van der Waals surface area contributed by atoms with E-state index in [2.05, 4.69) is 4.98 Å². The first kappa shape index (κ1) is 17.1. The summed E-state index contributed by atoms with van der Waals surface area (Å²) in [7, 11) is 0. The molecule has 0 saturated carbocycles. The minimum Gasteiger partial charge on any atom is -0.322 e. The molecule has 1 aromatic heterocycles. The van der Waals surface area contributed by atoms with Crippen LogP contribution in [-0.4, -0.2) is 9.55 Å². The summed E-state index contributed by atoms with van der Waals surface area (Å²) in [6.45, 7) is 1.52. The molecule has 3 aromatic rings. The van der Waals surface area contributed by atoms with Gasteiger partial charge in [0.05, 0.1) is 17.2 Å². The molecule has 1 heterocycles. The number of hydrogen-bond donors (Lipinski definition) is 1. The molecular formula is C17H13F4N3O. The highest BCUT2D eigenvalue weighted by Gasteiger charge is 2.20. The number of benzene rings is 2. The summed E-state index contributed by atoms with van der Waals surface area (Å²) in [5.74, 6) is -1.76. The van der Waals surface area contributed by atoms with E-state index < -0.39 is 35.2 Å². The van der Waals surface area contributed by atoms with Crippen LogP contribution in [0.1, 0.15) is 30.8 Å². The van der Waals surface area contributed by atoms with E-state index in [1.807, 2.05) is 0 Å². The van der Waals surface area contributed by atoms with E-state index in [1.54, 1.807) is 0 Å². The van der Waals surface area contributed by atoms with Crippen molar-refractivity contribution in [2.24, 2.45) is 5.73 Å². The van der Waals surface area contributed by atoms with Gasteiger partial charge < -0.3 is 5.73 Å². The van der Waals surface area contributed by atoms with Crippen molar-refractivity contribution in [2.75, 3.05) is 0 Å². The zero-order valence-electron chi connectivity index (χ0n) is 13.0. The Morgan fingerprint density at radius 2 is 1.88 bits per heavy atom. The molecular weight excluding hydrogens is 338 g/mol. The van der Waals surface area contributed by atoms with Crippen LogP contribution in [0.15, 0.2) is 41.2 Å². The molecule has 0 aliphatic carbocycles. The molecule has 0 aliphatic rings. The van der Waals surface area contributed by atoms with E-state index in [0.29, 0.717) is 6.07 Å². The van der Waals surface area contributed by atoms with Gasteiger partial charge in [-0.05, 0) is 37.3 Å². The maximum Gasteiger partial charge on any atom is 0.269 e. The third-order valence-electron chi connectivity index (χ3n) is 3.69. The van der Waals surface area contributed by atoms with E-state index in [4.69, 9.17) is 5.73 Å².